The van der Waals surface area contributed by atoms with Gasteiger partial charge in [-0.2, -0.15) is 0 Å². The minimum atomic E-state index is -0.551. The highest BCUT2D eigenvalue weighted by molar-refractivity contribution is 6.30. The zero-order valence-corrected chi connectivity index (χ0v) is 8.11. The summed E-state index contributed by atoms with van der Waals surface area (Å²) in [6.45, 7) is -0.483. The van der Waals surface area contributed by atoms with Crippen molar-refractivity contribution in [3.8, 4) is 11.5 Å². The Balaban J connectivity index is 3.15. The Morgan fingerprint density at radius 1 is 1.64 bits per heavy atom. The molecule has 0 fully saturated rings. The van der Waals surface area contributed by atoms with Gasteiger partial charge >= 0.3 is 0 Å². The van der Waals surface area contributed by atoms with E-state index in [9.17, 15) is 15.2 Å². The minimum absolute atomic E-state index is 0.134. The van der Waals surface area contributed by atoms with E-state index < -0.39 is 11.5 Å². The van der Waals surface area contributed by atoms with Crippen molar-refractivity contribution < 1.29 is 14.8 Å². The molecule has 1 N–H and O–H groups in total. The molecule has 0 saturated heterocycles. The van der Waals surface area contributed by atoms with E-state index in [4.69, 9.17) is 16.3 Å². The van der Waals surface area contributed by atoms with Gasteiger partial charge in [0.15, 0.2) is 11.5 Å². The van der Waals surface area contributed by atoms with E-state index in [0.717, 1.165) is 0 Å². The third-order valence-corrected chi connectivity index (χ3v) is 1.86. The number of halogens is 1. The van der Waals surface area contributed by atoms with E-state index in [2.05, 4.69) is 0 Å². The van der Waals surface area contributed by atoms with Gasteiger partial charge in [-0.05, 0) is 6.07 Å². The van der Waals surface area contributed by atoms with Crippen molar-refractivity contribution in [1.82, 2.24) is 0 Å². The monoisotopic (exact) mass is 217 g/mol. The standard InChI is InChI=1S/C8H8ClNO4/c1-14-7-3-6(9)2-5(8(7)11)4-10(12)13/h2-3,11H,4H2,1H3. The molecule has 0 aliphatic carbocycles. The molecule has 76 valence electrons. The van der Waals surface area contributed by atoms with Crippen LogP contribution in [0.2, 0.25) is 5.02 Å². The predicted octanol–water partition coefficient (Wildman–Crippen LogP) is 1.83. The summed E-state index contributed by atoms with van der Waals surface area (Å²) < 4.78 is 4.79. The molecule has 0 amide bonds. The largest absolute Gasteiger partial charge is 0.504 e. The summed E-state index contributed by atoms with van der Waals surface area (Å²) in [7, 11) is 1.35. The quantitative estimate of drug-likeness (QED) is 0.619. The van der Waals surface area contributed by atoms with Gasteiger partial charge in [0, 0.05) is 16.0 Å². The Morgan fingerprint density at radius 3 is 2.79 bits per heavy atom. The van der Waals surface area contributed by atoms with E-state index in [1.807, 2.05) is 0 Å². The minimum Gasteiger partial charge on any atom is -0.504 e. The summed E-state index contributed by atoms with van der Waals surface area (Å²) in [6.07, 6.45) is 0. The number of ether oxygens (including phenoxy) is 1. The fraction of sp³-hybridized carbons (Fsp3) is 0.250. The van der Waals surface area contributed by atoms with E-state index in [0.29, 0.717) is 0 Å². The van der Waals surface area contributed by atoms with Crippen molar-refractivity contribution in [2.75, 3.05) is 7.11 Å². The van der Waals surface area contributed by atoms with Crippen LogP contribution in [0.3, 0.4) is 0 Å². The van der Waals surface area contributed by atoms with Gasteiger partial charge in [0.25, 0.3) is 0 Å². The first kappa shape index (κ1) is 10.6. The number of aromatic hydroxyl groups is 1. The van der Waals surface area contributed by atoms with Crippen LogP contribution in [0.25, 0.3) is 0 Å². The van der Waals surface area contributed by atoms with Gasteiger partial charge in [0.05, 0.1) is 12.7 Å². The Hall–Kier alpha value is -1.49. The first-order chi connectivity index (χ1) is 6.54. The van der Waals surface area contributed by atoms with Crippen molar-refractivity contribution in [1.29, 1.82) is 0 Å². The van der Waals surface area contributed by atoms with Gasteiger partial charge in [0.1, 0.15) is 0 Å². The van der Waals surface area contributed by atoms with E-state index in [-0.39, 0.29) is 22.1 Å². The van der Waals surface area contributed by atoms with Crippen LogP contribution in [0.1, 0.15) is 5.56 Å². The molecule has 6 heteroatoms. The maximum Gasteiger partial charge on any atom is 0.232 e. The third kappa shape index (κ3) is 2.26. The summed E-state index contributed by atoms with van der Waals surface area (Å²) in [5.41, 5.74) is 0.138. The molecule has 0 spiro atoms. The summed E-state index contributed by atoms with van der Waals surface area (Å²) >= 11 is 5.67. The molecule has 0 radical (unpaired) electrons. The van der Waals surface area contributed by atoms with Crippen LogP contribution in [0, 0.1) is 10.1 Å². The molecule has 1 aromatic carbocycles. The van der Waals surface area contributed by atoms with E-state index in [1.54, 1.807) is 0 Å². The first-order valence-corrected chi connectivity index (χ1v) is 4.09. The lowest BCUT2D eigenvalue weighted by atomic mass is 10.2. The number of methoxy groups -OCH3 is 1. The Bertz CT molecular complexity index is 367. The predicted molar refractivity (Wildman–Crippen MR) is 50.4 cm³/mol. The second-order valence-corrected chi connectivity index (χ2v) is 3.04. The molecule has 0 bridgehead atoms. The molecule has 0 aromatic heterocycles. The molecule has 0 unspecified atom stereocenters. The molecule has 1 rings (SSSR count). The van der Waals surface area contributed by atoms with Crippen molar-refractivity contribution in [2.24, 2.45) is 0 Å². The molecule has 14 heavy (non-hydrogen) atoms. The van der Waals surface area contributed by atoms with Gasteiger partial charge in [-0.25, -0.2) is 0 Å². The Kier molecular flexibility index (Phi) is 3.14. The zero-order valence-electron chi connectivity index (χ0n) is 7.36. The van der Waals surface area contributed by atoms with Crippen LogP contribution in [0.5, 0.6) is 11.5 Å². The average molecular weight is 218 g/mol. The van der Waals surface area contributed by atoms with Gasteiger partial charge in [0.2, 0.25) is 6.54 Å². The highest BCUT2D eigenvalue weighted by Gasteiger charge is 2.13. The summed E-state index contributed by atoms with van der Waals surface area (Å²) in [6, 6.07) is 2.72. The number of nitro groups is 1. The lowest BCUT2D eigenvalue weighted by Crippen LogP contribution is -1.99. The number of nitrogens with zero attached hydrogens (tertiary/aromatic N) is 1. The van der Waals surface area contributed by atoms with Crippen molar-refractivity contribution in [2.45, 2.75) is 6.54 Å². The van der Waals surface area contributed by atoms with Crippen LogP contribution >= 0.6 is 11.6 Å². The zero-order chi connectivity index (χ0) is 10.7. The topological polar surface area (TPSA) is 72.6 Å². The molecule has 5 nitrogen and oxygen atoms in total. The second kappa shape index (κ2) is 4.15. The summed E-state index contributed by atoms with van der Waals surface area (Å²) in [4.78, 5) is 9.69. The molecule has 1 aromatic rings. The summed E-state index contributed by atoms with van der Waals surface area (Å²) in [5, 5.41) is 20.0. The number of hydrogen-bond donors (Lipinski definition) is 1. The number of benzene rings is 1. The third-order valence-electron chi connectivity index (χ3n) is 1.64. The van der Waals surface area contributed by atoms with Crippen LogP contribution in [-0.4, -0.2) is 17.1 Å². The number of rotatable bonds is 3. The fourth-order valence-corrected chi connectivity index (χ4v) is 1.27. The SMILES string of the molecule is COc1cc(Cl)cc(C[N+](=O)[O-])c1O. The number of phenolic OH excluding ortho intramolecular Hbond substituents is 1. The van der Waals surface area contributed by atoms with Crippen LogP contribution in [0.4, 0.5) is 0 Å². The Morgan fingerprint density at radius 2 is 2.29 bits per heavy atom. The summed E-state index contributed by atoms with van der Waals surface area (Å²) in [5.74, 6) is -0.108. The van der Waals surface area contributed by atoms with Crippen molar-refractivity contribution in [3.05, 3.63) is 32.8 Å². The highest BCUT2D eigenvalue weighted by atomic mass is 35.5. The molecule has 0 atom stereocenters. The van der Waals surface area contributed by atoms with Gasteiger partial charge < -0.3 is 9.84 Å². The molecular formula is C8H8ClNO4. The van der Waals surface area contributed by atoms with Gasteiger partial charge in [-0.15, -0.1) is 0 Å². The van der Waals surface area contributed by atoms with E-state index >= 15 is 0 Å². The van der Waals surface area contributed by atoms with Crippen LogP contribution in [0.15, 0.2) is 12.1 Å². The maximum absolute atomic E-state index is 10.2. The average Bonchev–Trinajstić information content (AvgIpc) is 2.09. The number of phenols is 1. The van der Waals surface area contributed by atoms with Crippen LogP contribution < -0.4 is 4.74 Å². The maximum atomic E-state index is 10.2. The normalized spacial score (nSPS) is 9.86. The lowest BCUT2D eigenvalue weighted by molar-refractivity contribution is -0.496. The molecule has 0 heterocycles. The number of hydrogen-bond acceptors (Lipinski definition) is 4. The Labute approximate surface area is 85.0 Å². The lowest BCUT2D eigenvalue weighted by Gasteiger charge is -2.06. The second-order valence-electron chi connectivity index (χ2n) is 2.61. The first-order valence-electron chi connectivity index (χ1n) is 3.71. The van der Waals surface area contributed by atoms with Crippen molar-refractivity contribution in [3.63, 3.8) is 0 Å². The highest BCUT2D eigenvalue weighted by Crippen LogP contribution is 2.33. The smallest absolute Gasteiger partial charge is 0.232 e. The molecule has 0 aliphatic rings. The van der Waals surface area contributed by atoms with Gasteiger partial charge in [-0.3, -0.25) is 10.1 Å². The van der Waals surface area contributed by atoms with Crippen LogP contribution in [-0.2, 0) is 6.54 Å². The molecular weight excluding hydrogens is 210 g/mol. The van der Waals surface area contributed by atoms with E-state index in [1.165, 1.54) is 19.2 Å². The molecule has 0 aliphatic heterocycles. The fourth-order valence-electron chi connectivity index (χ4n) is 1.04. The molecule has 0 saturated carbocycles. The van der Waals surface area contributed by atoms with Gasteiger partial charge in [-0.1, -0.05) is 11.6 Å². The van der Waals surface area contributed by atoms with Crippen molar-refractivity contribution >= 4 is 11.6 Å².